The normalized spacial score (nSPS) is 14.1. The summed E-state index contributed by atoms with van der Waals surface area (Å²) in [5.41, 5.74) is 1.62. The lowest BCUT2D eigenvalue weighted by molar-refractivity contribution is 0.449. The molecular formula is C16H25N. The van der Waals surface area contributed by atoms with Crippen LogP contribution in [0, 0.1) is 0 Å². The van der Waals surface area contributed by atoms with Crippen LogP contribution in [0.3, 0.4) is 0 Å². The molecule has 0 spiro atoms. The van der Waals surface area contributed by atoms with E-state index in [4.69, 9.17) is 0 Å². The molecule has 94 valence electrons. The fraction of sp³-hybridized carbons (Fsp3) is 0.500. The van der Waals surface area contributed by atoms with Gasteiger partial charge < -0.3 is 5.32 Å². The molecule has 0 fully saturated rings. The van der Waals surface area contributed by atoms with E-state index < -0.39 is 0 Å². The van der Waals surface area contributed by atoms with Crippen molar-refractivity contribution in [1.29, 1.82) is 0 Å². The van der Waals surface area contributed by atoms with E-state index in [9.17, 15) is 0 Å². The molecule has 1 unspecified atom stereocenters. The van der Waals surface area contributed by atoms with Crippen LogP contribution in [0.25, 0.3) is 0 Å². The highest BCUT2D eigenvalue weighted by Crippen LogP contribution is 2.18. The number of nitrogens with one attached hydrogen (secondary N) is 1. The first-order chi connectivity index (χ1) is 7.99. The fourth-order valence-corrected chi connectivity index (χ4v) is 1.67. The van der Waals surface area contributed by atoms with Crippen LogP contribution in [0.4, 0.5) is 0 Å². The lowest BCUT2D eigenvalue weighted by Gasteiger charge is -2.19. The monoisotopic (exact) mass is 231 g/mol. The highest BCUT2D eigenvalue weighted by Gasteiger charge is 2.06. The second kappa shape index (κ2) is 6.61. The first-order valence-corrected chi connectivity index (χ1v) is 6.44. The van der Waals surface area contributed by atoms with Crippen molar-refractivity contribution in [2.75, 3.05) is 6.54 Å². The summed E-state index contributed by atoms with van der Waals surface area (Å²) in [7, 11) is 0. The Bertz CT molecular complexity index is 332. The maximum Gasteiger partial charge on any atom is 0.0139 e. The minimum Gasteiger partial charge on any atom is -0.309 e. The van der Waals surface area contributed by atoms with E-state index in [0.29, 0.717) is 5.92 Å². The predicted octanol–water partition coefficient (Wildman–Crippen LogP) is 4.12. The van der Waals surface area contributed by atoms with Crippen LogP contribution in [0.5, 0.6) is 0 Å². The standard InChI is InChI=1S/C16H25N/c1-14(15-11-6-5-7-12-15)10-8-9-13-17-16(2,3)4/h5-9,11-12,14,17H,10,13H2,1-4H3/b9-8+. The quantitative estimate of drug-likeness (QED) is 0.751. The maximum absolute atomic E-state index is 3.45. The van der Waals surface area contributed by atoms with Crippen molar-refractivity contribution in [2.24, 2.45) is 0 Å². The van der Waals surface area contributed by atoms with Gasteiger partial charge in [-0.1, -0.05) is 49.4 Å². The van der Waals surface area contributed by atoms with Gasteiger partial charge in [-0.05, 0) is 38.7 Å². The summed E-state index contributed by atoms with van der Waals surface area (Å²) in [6, 6.07) is 10.7. The van der Waals surface area contributed by atoms with Gasteiger partial charge in [-0.2, -0.15) is 0 Å². The van der Waals surface area contributed by atoms with Gasteiger partial charge in [0.2, 0.25) is 0 Å². The van der Waals surface area contributed by atoms with Crippen molar-refractivity contribution < 1.29 is 0 Å². The zero-order valence-corrected chi connectivity index (χ0v) is 11.5. The molecule has 0 saturated heterocycles. The SMILES string of the molecule is CC(C/C=C/CNC(C)(C)C)c1ccccc1. The molecule has 0 aliphatic carbocycles. The van der Waals surface area contributed by atoms with Crippen molar-refractivity contribution in [3.05, 3.63) is 48.0 Å². The van der Waals surface area contributed by atoms with Gasteiger partial charge in [-0.15, -0.1) is 0 Å². The molecular weight excluding hydrogens is 206 g/mol. The molecule has 0 aliphatic heterocycles. The van der Waals surface area contributed by atoms with Crippen molar-refractivity contribution in [2.45, 2.75) is 45.6 Å². The number of hydrogen-bond donors (Lipinski definition) is 1. The Balaban J connectivity index is 2.29. The van der Waals surface area contributed by atoms with Crippen molar-refractivity contribution in [3.8, 4) is 0 Å². The van der Waals surface area contributed by atoms with Crippen LogP contribution in [0.15, 0.2) is 42.5 Å². The molecule has 1 atom stereocenters. The topological polar surface area (TPSA) is 12.0 Å². The lowest BCUT2D eigenvalue weighted by Crippen LogP contribution is -2.35. The van der Waals surface area contributed by atoms with Gasteiger partial charge in [0.1, 0.15) is 0 Å². The van der Waals surface area contributed by atoms with Gasteiger partial charge in [-0.25, -0.2) is 0 Å². The van der Waals surface area contributed by atoms with E-state index in [2.05, 4.69) is 75.5 Å². The molecule has 0 bridgehead atoms. The van der Waals surface area contributed by atoms with E-state index in [-0.39, 0.29) is 5.54 Å². The summed E-state index contributed by atoms with van der Waals surface area (Å²) in [6.45, 7) is 9.79. The van der Waals surface area contributed by atoms with Crippen molar-refractivity contribution in [1.82, 2.24) is 5.32 Å². The number of hydrogen-bond acceptors (Lipinski definition) is 1. The van der Waals surface area contributed by atoms with E-state index in [1.165, 1.54) is 5.56 Å². The predicted molar refractivity (Wildman–Crippen MR) is 76.4 cm³/mol. The largest absolute Gasteiger partial charge is 0.309 e. The van der Waals surface area contributed by atoms with Gasteiger partial charge in [0.15, 0.2) is 0 Å². The highest BCUT2D eigenvalue weighted by molar-refractivity contribution is 5.19. The van der Waals surface area contributed by atoms with Crippen molar-refractivity contribution >= 4 is 0 Å². The van der Waals surface area contributed by atoms with Crippen LogP contribution >= 0.6 is 0 Å². The molecule has 0 saturated carbocycles. The molecule has 0 heterocycles. The lowest BCUT2D eigenvalue weighted by atomic mass is 9.98. The Morgan fingerprint density at radius 2 is 1.76 bits per heavy atom. The van der Waals surface area contributed by atoms with Gasteiger partial charge in [-0.3, -0.25) is 0 Å². The summed E-state index contributed by atoms with van der Waals surface area (Å²) in [4.78, 5) is 0. The van der Waals surface area contributed by atoms with Crippen LogP contribution in [0.1, 0.15) is 45.6 Å². The molecule has 0 amide bonds. The Labute approximate surface area is 106 Å². The summed E-state index contributed by atoms with van der Waals surface area (Å²) in [5, 5.41) is 3.45. The molecule has 0 aliphatic rings. The zero-order chi connectivity index (χ0) is 12.7. The maximum atomic E-state index is 3.45. The Kier molecular flexibility index (Phi) is 5.43. The minimum atomic E-state index is 0.204. The average molecular weight is 231 g/mol. The van der Waals surface area contributed by atoms with Crippen LogP contribution in [-0.4, -0.2) is 12.1 Å². The molecule has 17 heavy (non-hydrogen) atoms. The smallest absolute Gasteiger partial charge is 0.0139 e. The number of allylic oxidation sites excluding steroid dienone is 1. The molecule has 1 N–H and O–H groups in total. The number of rotatable bonds is 5. The third-order valence-corrected chi connectivity index (χ3v) is 2.78. The molecule has 0 aromatic heterocycles. The molecule has 1 heteroatoms. The van der Waals surface area contributed by atoms with Gasteiger partial charge in [0.25, 0.3) is 0 Å². The molecule has 1 nitrogen and oxygen atoms in total. The third kappa shape index (κ3) is 6.28. The van der Waals surface area contributed by atoms with E-state index >= 15 is 0 Å². The first kappa shape index (κ1) is 14.0. The second-order valence-electron chi connectivity index (χ2n) is 5.65. The van der Waals surface area contributed by atoms with Crippen LogP contribution in [-0.2, 0) is 0 Å². The van der Waals surface area contributed by atoms with Crippen LogP contribution < -0.4 is 5.32 Å². The second-order valence-corrected chi connectivity index (χ2v) is 5.65. The molecule has 1 rings (SSSR count). The first-order valence-electron chi connectivity index (χ1n) is 6.44. The van der Waals surface area contributed by atoms with Crippen molar-refractivity contribution in [3.63, 3.8) is 0 Å². The Morgan fingerprint density at radius 3 is 2.35 bits per heavy atom. The Morgan fingerprint density at radius 1 is 1.12 bits per heavy atom. The summed E-state index contributed by atoms with van der Waals surface area (Å²) >= 11 is 0. The third-order valence-electron chi connectivity index (χ3n) is 2.78. The summed E-state index contributed by atoms with van der Waals surface area (Å²) < 4.78 is 0. The highest BCUT2D eigenvalue weighted by atomic mass is 14.9. The van der Waals surface area contributed by atoms with E-state index in [0.717, 1.165) is 13.0 Å². The molecule has 1 aromatic rings. The molecule has 0 radical (unpaired) electrons. The average Bonchev–Trinajstić information content (AvgIpc) is 2.28. The van der Waals surface area contributed by atoms with E-state index in [1.807, 2.05) is 0 Å². The Hall–Kier alpha value is -1.08. The van der Waals surface area contributed by atoms with Gasteiger partial charge in [0, 0.05) is 12.1 Å². The van der Waals surface area contributed by atoms with Gasteiger partial charge >= 0.3 is 0 Å². The van der Waals surface area contributed by atoms with Crippen LogP contribution in [0.2, 0.25) is 0 Å². The zero-order valence-electron chi connectivity index (χ0n) is 11.5. The summed E-state index contributed by atoms with van der Waals surface area (Å²) in [5.74, 6) is 0.599. The molecule has 1 aromatic carbocycles. The van der Waals surface area contributed by atoms with Gasteiger partial charge in [0.05, 0.1) is 0 Å². The summed E-state index contributed by atoms with van der Waals surface area (Å²) in [6.07, 6.45) is 5.61. The minimum absolute atomic E-state index is 0.204. The van der Waals surface area contributed by atoms with E-state index in [1.54, 1.807) is 0 Å². The number of benzene rings is 1. The fourth-order valence-electron chi connectivity index (χ4n) is 1.67.